The van der Waals surface area contributed by atoms with E-state index in [-0.39, 0.29) is 24.0 Å². The first-order chi connectivity index (χ1) is 8.90. The van der Waals surface area contributed by atoms with Gasteiger partial charge in [-0.15, -0.1) is 0 Å². The minimum absolute atomic E-state index is 0. The molecule has 2 aromatic rings. The third kappa shape index (κ3) is 5.47. The molecule has 0 saturated carbocycles. The van der Waals surface area contributed by atoms with Gasteiger partial charge in [-0.3, -0.25) is 0 Å². The van der Waals surface area contributed by atoms with Gasteiger partial charge in [-0.25, -0.2) is 4.57 Å². The molecule has 0 atom stereocenters. The number of fused-ring (bicyclic) bond motifs is 1. The average Bonchev–Trinajstić information content (AvgIpc) is 2.42. The Labute approximate surface area is 134 Å². The fourth-order valence-electron chi connectivity index (χ4n) is 2.39. The molecule has 1 aromatic heterocycles. The van der Waals surface area contributed by atoms with Crippen LogP contribution in [0.5, 0.6) is 0 Å². The number of pyridine rings is 1. The smallest absolute Gasteiger partial charge is 0.176 e. The summed E-state index contributed by atoms with van der Waals surface area (Å²) in [5, 5.41) is 2.67. The van der Waals surface area contributed by atoms with E-state index in [9.17, 15) is 0 Å². The van der Waals surface area contributed by atoms with E-state index in [1.165, 1.54) is 49.3 Å². The lowest BCUT2D eigenvalue weighted by molar-refractivity contribution is -0.696. The zero-order valence-electron chi connectivity index (χ0n) is 11.8. The maximum Gasteiger partial charge on any atom is 0.176 e. The Bertz CT molecular complexity index is 481. The van der Waals surface area contributed by atoms with Crippen molar-refractivity contribution in [2.45, 2.75) is 52.0 Å². The van der Waals surface area contributed by atoms with Crippen LogP contribution in [0.3, 0.4) is 0 Å². The van der Waals surface area contributed by atoms with Gasteiger partial charge in [0.05, 0.1) is 0 Å². The number of benzene rings is 1. The van der Waals surface area contributed by atoms with Crippen molar-refractivity contribution < 1.29 is 28.5 Å². The Morgan fingerprint density at radius 3 is 2.32 bits per heavy atom. The fraction of sp³-hybridized carbons (Fsp3) is 0.471. The normalized spacial score (nSPS) is 10.4. The van der Waals surface area contributed by atoms with Crippen LogP contribution in [0.15, 0.2) is 42.7 Å². The summed E-state index contributed by atoms with van der Waals surface area (Å²) in [4.78, 5) is 0. The van der Waals surface area contributed by atoms with Gasteiger partial charge in [-0.1, -0.05) is 50.8 Å². The number of aromatic nitrogens is 1. The highest BCUT2D eigenvalue weighted by Crippen LogP contribution is 2.10. The zero-order chi connectivity index (χ0) is 12.6. The summed E-state index contributed by atoms with van der Waals surface area (Å²) < 4.78 is 2.32. The molecule has 0 fully saturated rings. The van der Waals surface area contributed by atoms with Gasteiger partial charge in [0.25, 0.3) is 0 Å². The summed E-state index contributed by atoms with van der Waals surface area (Å²) in [6.07, 6.45) is 12.6. The predicted molar refractivity (Wildman–Crippen MR) is 77.5 cm³/mol. The topological polar surface area (TPSA) is 3.88 Å². The van der Waals surface area contributed by atoms with Crippen LogP contribution in [0, 0.1) is 0 Å². The molecule has 19 heavy (non-hydrogen) atoms. The van der Waals surface area contributed by atoms with E-state index in [0.717, 1.165) is 6.54 Å². The van der Waals surface area contributed by atoms with E-state index in [2.05, 4.69) is 54.2 Å². The minimum Gasteiger partial charge on any atom is -1.00 e. The molecule has 0 spiro atoms. The average molecular weight is 369 g/mol. The van der Waals surface area contributed by atoms with Crippen LogP contribution in [0.25, 0.3) is 10.8 Å². The molecule has 0 radical (unpaired) electrons. The third-order valence-electron chi connectivity index (χ3n) is 3.52. The van der Waals surface area contributed by atoms with Crippen LogP contribution in [-0.4, -0.2) is 0 Å². The van der Waals surface area contributed by atoms with E-state index in [1.807, 2.05) is 0 Å². The van der Waals surface area contributed by atoms with Crippen LogP contribution in [0.4, 0.5) is 0 Å². The maximum absolute atomic E-state index is 2.32. The van der Waals surface area contributed by atoms with Crippen LogP contribution >= 0.6 is 0 Å². The first-order valence-electron chi connectivity index (χ1n) is 7.28. The molecule has 2 heteroatoms. The van der Waals surface area contributed by atoms with Crippen molar-refractivity contribution in [3.8, 4) is 0 Å². The molecule has 1 aromatic carbocycles. The highest BCUT2D eigenvalue weighted by atomic mass is 127. The third-order valence-corrected chi connectivity index (χ3v) is 3.52. The molecule has 0 N–H and O–H groups in total. The zero-order valence-corrected chi connectivity index (χ0v) is 14.0. The minimum atomic E-state index is 0. The van der Waals surface area contributed by atoms with Gasteiger partial charge in [-0.2, -0.15) is 0 Å². The summed E-state index contributed by atoms with van der Waals surface area (Å²) in [5.41, 5.74) is 0. The largest absolute Gasteiger partial charge is 1.00 e. The predicted octanol–water partition coefficient (Wildman–Crippen LogP) is 1.49. The lowest BCUT2D eigenvalue weighted by Gasteiger charge is -2.00. The lowest BCUT2D eigenvalue weighted by atomic mass is 10.1. The summed E-state index contributed by atoms with van der Waals surface area (Å²) in [7, 11) is 0. The maximum atomic E-state index is 2.32. The first-order valence-corrected chi connectivity index (χ1v) is 7.28. The van der Waals surface area contributed by atoms with E-state index in [4.69, 9.17) is 0 Å². The number of unbranched alkanes of at least 4 members (excludes halogenated alkanes) is 5. The Balaban J connectivity index is 0.00000180. The van der Waals surface area contributed by atoms with Gasteiger partial charge in [0.1, 0.15) is 6.54 Å². The highest BCUT2D eigenvalue weighted by molar-refractivity contribution is 5.80. The summed E-state index contributed by atoms with van der Waals surface area (Å²) >= 11 is 0. The van der Waals surface area contributed by atoms with Crippen molar-refractivity contribution in [3.05, 3.63) is 42.7 Å². The summed E-state index contributed by atoms with van der Waals surface area (Å²) in [6.45, 7) is 3.42. The molecular formula is C17H24IN. The van der Waals surface area contributed by atoms with Gasteiger partial charge in [-0.05, 0) is 17.9 Å². The van der Waals surface area contributed by atoms with Crippen LogP contribution in [0.1, 0.15) is 45.4 Å². The molecule has 0 aliphatic rings. The number of halogens is 1. The lowest BCUT2D eigenvalue weighted by Crippen LogP contribution is -3.00. The summed E-state index contributed by atoms with van der Waals surface area (Å²) in [6, 6.07) is 10.8. The highest BCUT2D eigenvalue weighted by Gasteiger charge is 2.02. The van der Waals surface area contributed by atoms with Gasteiger partial charge in [0, 0.05) is 17.9 Å². The molecular weight excluding hydrogens is 345 g/mol. The van der Waals surface area contributed by atoms with Gasteiger partial charge < -0.3 is 24.0 Å². The Kier molecular flexibility index (Phi) is 8.03. The number of aryl methyl sites for hydroxylation is 1. The van der Waals surface area contributed by atoms with E-state index in [0.29, 0.717) is 0 Å². The molecule has 0 saturated heterocycles. The molecule has 104 valence electrons. The molecule has 1 nitrogen and oxygen atoms in total. The van der Waals surface area contributed by atoms with Crippen molar-refractivity contribution in [3.63, 3.8) is 0 Å². The van der Waals surface area contributed by atoms with Crippen molar-refractivity contribution in [1.29, 1.82) is 0 Å². The molecule has 0 aliphatic carbocycles. The van der Waals surface area contributed by atoms with Crippen molar-refractivity contribution in [1.82, 2.24) is 0 Å². The van der Waals surface area contributed by atoms with Crippen LogP contribution in [0.2, 0.25) is 0 Å². The van der Waals surface area contributed by atoms with Gasteiger partial charge in [0.15, 0.2) is 12.4 Å². The van der Waals surface area contributed by atoms with Crippen LogP contribution in [-0.2, 0) is 6.54 Å². The SMILES string of the molecule is CCCCCCCC[n+]1ccc2ccccc2c1.[I-]. The standard InChI is InChI=1S/C17H24N.HI/c1-2-3-4-5-6-9-13-18-14-12-16-10-7-8-11-17(16)15-18;/h7-8,10-12,14-15H,2-6,9,13H2,1H3;1H/q+1;/p-1. The Morgan fingerprint density at radius 1 is 0.842 bits per heavy atom. The molecule has 0 aliphatic heterocycles. The fourth-order valence-corrected chi connectivity index (χ4v) is 2.39. The second-order valence-corrected chi connectivity index (χ2v) is 5.08. The number of rotatable bonds is 7. The van der Waals surface area contributed by atoms with Crippen molar-refractivity contribution in [2.24, 2.45) is 0 Å². The monoisotopic (exact) mass is 369 g/mol. The van der Waals surface area contributed by atoms with E-state index >= 15 is 0 Å². The second-order valence-electron chi connectivity index (χ2n) is 5.08. The van der Waals surface area contributed by atoms with Crippen molar-refractivity contribution in [2.75, 3.05) is 0 Å². The quantitative estimate of drug-likeness (QED) is 0.396. The molecule has 0 unspecified atom stereocenters. The van der Waals surface area contributed by atoms with Gasteiger partial charge in [0.2, 0.25) is 0 Å². The number of hydrogen-bond acceptors (Lipinski definition) is 0. The molecule has 2 rings (SSSR count). The Hall–Kier alpha value is -0.640. The number of hydrogen-bond donors (Lipinski definition) is 0. The van der Waals surface area contributed by atoms with Crippen LogP contribution < -0.4 is 28.5 Å². The Morgan fingerprint density at radius 2 is 1.53 bits per heavy atom. The molecule has 1 heterocycles. The second kappa shape index (κ2) is 9.29. The number of nitrogens with zero attached hydrogens (tertiary/aromatic N) is 1. The van der Waals surface area contributed by atoms with E-state index in [1.54, 1.807) is 0 Å². The van der Waals surface area contributed by atoms with Crippen molar-refractivity contribution >= 4 is 10.8 Å². The molecule has 0 amide bonds. The van der Waals surface area contributed by atoms with Gasteiger partial charge >= 0.3 is 0 Å². The summed E-state index contributed by atoms with van der Waals surface area (Å²) in [5.74, 6) is 0. The van der Waals surface area contributed by atoms with E-state index < -0.39 is 0 Å². The first kappa shape index (κ1) is 16.4. The molecule has 0 bridgehead atoms.